The van der Waals surface area contributed by atoms with Crippen LogP contribution in [0.5, 0.6) is 0 Å². The molecule has 0 aromatic carbocycles. The van der Waals surface area contributed by atoms with Crippen LogP contribution in [-0.4, -0.2) is 29.2 Å². The van der Waals surface area contributed by atoms with Crippen LogP contribution >= 0.6 is 0 Å². The van der Waals surface area contributed by atoms with Gasteiger partial charge in [0.25, 0.3) is 6.01 Å². The van der Waals surface area contributed by atoms with Crippen LogP contribution in [0, 0.1) is 6.92 Å². The van der Waals surface area contributed by atoms with Crippen LogP contribution in [-0.2, 0) is 6.61 Å². The second-order valence-corrected chi connectivity index (χ2v) is 3.62. The first-order valence-electron chi connectivity index (χ1n) is 4.67. The topological polar surface area (TPSA) is 62.4 Å². The standard InChI is InChI=1S/C10H13N3O2/c1-6-4-7(5-14)8-9(11-6)12-10(15-8)13(2)3/h4,14H,5H2,1-3H3. The predicted octanol–water partition coefficient (Wildman–Crippen LogP) is 1.09. The van der Waals surface area contributed by atoms with Crippen LogP contribution in [0.25, 0.3) is 11.2 Å². The molecule has 0 aliphatic heterocycles. The summed E-state index contributed by atoms with van der Waals surface area (Å²) in [6, 6.07) is 2.30. The summed E-state index contributed by atoms with van der Waals surface area (Å²) in [5.41, 5.74) is 2.65. The quantitative estimate of drug-likeness (QED) is 0.798. The first-order chi connectivity index (χ1) is 7.11. The minimum absolute atomic E-state index is 0.0675. The van der Waals surface area contributed by atoms with E-state index in [1.165, 1.54) is 0 Å². The molecular formula is C10H13N3O2. The van der Waals surface area contributed by atoms with Crippen molar-refractivity contribution in [2.45, 2.75) is 13.5 Å². The highest BCUT2D eigenvalue weighted by atomic mass is 16.4. The lowest BCUT2D eigenvalue weighted by Gasteiger charge is -2.03. The van der Waals surface area contributed by atoms with Gasteiger partial charge < -0.3 is 14.4 Å². The molecule has 0 aliphatic rings. The molecule has 0 radical (unpaired) electrons. The lowest BCUT2D eigenvalue weighted by atomic mass is 10.2. The highest BCUT2D eigenvalue weighted by Gasteiger charge is 2.12. The Morgan fingerprint density at radius 1 is 1.40 bits per heavy atom. The Bertz CT molecular complexity index is 491. The van der Waals surface area contributed by atoms with Crippen LogP contribution < -0.4 is 4.90 Å². The number of aliphatic hydroxyl groups is 1. The molecule has 0 bridgehead atoms. The van der Waals surface area contributed by atoms with E-state index in [-0.39, 0.29) is 6.61 Å². The molecule has 2 heterocycles. The van der Waals surface area contributed by atoms with E-state index in [1.54, 1.807) is 11.0 Å². The molecule has 80 valence electrons. The molecule has 15 heavy (non-hydrogen) atoms. The zero-order valence-electron chi connectivity index (χ0n) is 8.98. The first kappa shape index (κ1) is 9.92. The molecule has 0 spiro atoms. The Hall–Kier alpha value is -1.62. The van der Waals surface area contributed by atoms with Crippen molar-refractivity contribution in [1.29, 1.82) is 0 Å². The van der Waals surface area contributed by atoms with E-state index in [4.69, 9.17) is 4.42 Å². The molecule has 2 rings (SSSR count). The number of nitrogens with zero attached hydrogens (tertiary/aromatic N) is 3. The number of oxazole rings is 1. The number of pyridine rings is 1. The molecule has 2 aromatic heterocycles. The van der Waals surface area contributed by atoms with Crippen molar-refractivity contribution in [2.24, 2.45) is 0 Å². The first-order valence-corrected chi connectivity index (χ1v) is 4.67. The molecule has 1 N–H and O–H groups in total. The Morgan fingerprint density at radius 3 is 2.73 bits per heavy atom. The van der Waals surface area contributed by atoms with E-state index in [0.717, 1.165) is 11.3 Å². The summed E-state index contributed by atoms with van der Waals surface area (Å²) in [5.74, 6) is 0. The van der Waals surface area contributed by atoms with Gasteiger partial charge in [-0.25, -0.2) is 4.98 Å². The van der Waals surface area contributed by atoms with E-state index in [0.29, 0.717) is 17.2 Å². The smallest absolute Gasteiger partial charge is 0.299 e. The lowest BCUT2D eigenvalue weighted by Crippen LogP contribution is -2.08. The number of rotatable bonds is 2. The van der Waals surface area contributed by atoms with E-state index >= 15 is 0 Å². The van der Waals surface area contributed by atoms with E-state index in [2.05, 4.69) is 9.97 Å². The maximum Gasteiger partial charge on any atom is 0.299 e. The van der Waals surface area contributed by atoms with Gasteiger partial charge in [-0.2, -0.15) is 4.98 Å². The predicted molar refractivity (Wildman–Crippen MR) is 56.8 cm³/mol. The average Bonchev–Trinajstić information content (AvgIpc) is 2.59. The normalized spacial score (nSPS) is 10.9. The van der Waals surface area contributed by atoms with Crippen molar-refractivity contribution in [1.82, 2.24) is 9.97 Å². The molecular weight excluding hydrogens is 194 g/mol. The molecule has 0 saturated carbocycles. The number of aromatic nitrogens is 2. The van der Waals surface area contributed by atoms with E-state index in [1.807, 2.05) is 21.0 Å². The second kappa shape index (κ2) is 3.51. The summed E-state index contributed by atoms with van der Waals surface area (Å²) in [5, 5.41) is 9.18. The SMILES string of the molecule is Cc1cc(CO)c2oc(N(C)C)nc2n1. The zero-order chi connectivity index (χ0) is 11.0. The van der Waals surface area contributed by atoms with Gasteiger partial charge in [0.05, 0.1) is 6.61 Å². The summed E-state index contributed by atoms with van der Waals surface area (Å²) < 4.78 is 5.50. The summed E-state index contributed by atoms with van der Waals surface area (Å²) in [7, 11) is 3.69. The maximum atomic E-state index is 9.18. The minimum atomic E-state index is -0.0675. The van der Waals surface area contributed by atoms with Gasteiger partial charge in [-0.1, -0.05) is 0 Å². The molecule has 0 aliphatic carbocycles. The number of hydrogen-bond donors (Lipinski definition) is 1. The summed E-state index contributed by atoms with van der Waals surface area (Å²) >= 11 is 0. The molecule has 0 saturated heterocycles. The van der Waals surface area contributed by atoms with Gasteiger partial charge in [0.1, 0.15) is 0 Å². The van der Waals surface area contributed by atoms with Crippen molar-refractivity contribution in [2.75, 3.05) is 19.0 Å². The third kappa shape index (κ3) is 1.66. The third-order valence-electron chi connectivity index (χ3n) is 2.11. The van der Waals surface area contributed by atoms with Crippen LogP contribution in [0.15, 0.2) is 10.5 Å². The summed E-state index contributed by atoms with van der Waals surface area (Å²) in [4.78, 5) is 10.2. The number of aliphatic hydroxyl groups excluding tert-OH is 1. The fourth-order valence-electron chi connectivity index (χ4n) is 1.41. The molecule has 0 atom stereocenters. The fraction of sp³-hybridized carbons (Fsp3) is 0.400. The van der Waals surface area contributed by atoms with Gasteiger partial charge in [-0.3, -0.25) is 0 Å². The van der Waals surface area contributed by atoms with Crippen LogP contribution in [0.3, 0.4) is 0 Å². The van der Waals surface area contributed by atoms with Crippen molar-refractivity contribution in [3.05, 3.63) is 17.3 Å². The number of aryl methyl sites for hydroxylation is 1. The monoisotopic (exact) mass is 207 g/mol. The van der Waals surface area contributed by atoms with Crippen molar-refractivity contribution in [3.63, 3.8) is 0 Å². The Labute approximate surface area is 87.4 Å². The Balaban J connectivity index is 2.68. The summed E-state index contributed by atoms with van der Waals surface area (Å²) in [6.07, 6.45) is 0. The van der Waals surface area contributed by atoms with Gasteiger partial charge in [0.2, 0.25) is 5.65 Å². The largest absolute Gasteiger partial charge is 0.421 e. The van der Waals surface area contributed by atoms with Gasteiger partial charge in [0.15, 0.2) is 5.58 Å². The molecule has 2 aromatic rings. The Morgan fingerprint density at radius 2 is 2.13 bits per heavy atom. The highest BCUT2D eigenvalue weighted by Crippen LogP contribution is 2.23. The average molecular weight is 207 g/mol. The van der Waals surface area contributed by atoms with Crippen LogP contribution in [0.1, 0.15) is 11.3 Å². The van der Waals surface area contributed by atoms with Gasteiger partial charge in [-0.15, -0.1) is 0 Å². The molecule has 0 fully saturated rings. The molecule has 0 amide bonds. The minimum Gasteiger partial charge on any atom is -0.421 e. The van der Waals surface area contributed by atoms with Crippen LogP contribution in [0.4, 0.5) is 6.01 Å². The number of anilines is 1. The van der Waals surface area contributed by atoms with Gasteiger partial charge >= 0.3 is 0 Å². The molecule has 5 heteroatoms. The number of fused-ring (bicyclic) bond motifs is 1. The van der Waals surface area contributed by atoms with Gasteiger partial charge in [-0.05, 0) is 13.0 Å². The maximum absolute atomic E-state index is 9.18. The Kier molecular flexibility index (Phi) is 2.32. The van der Waals surface area contributed by atoms with Crippen molar-refractivity contribution >= 4 is 17.2 Å². The van der Waals surface area contributed by atoms with Crippen molar-refractivity contribution in [3.8, 4) is 0 Å². The third-order valence-corrected chi connectivity index (χ3v) is 2.11. The van der Waals surface area contributed by atoms with Gasteiger partial charge in [0, 0.05) is 25.4 Å². The van der Waals surface area contributed by atoms with E-state index < -0.39 is 0 Å². The lowest BCUT2D eigenvalue weighted by molar-refractivity contribution is 0.281. The molecule has 0 unspecified atom stereocenters. The van der Waals surface area contributed by atoms with Crippen molar-refractivity contribution < 1.29 is 9.52 Å². The highest BCUT2D eigenvalue weighted by molar-refractivity contribution is 5.74. The zero-order valence-corrected chi connectivity index (χ0v) is 8.98. The van der Waals surface area contributed by atoms with Crippen LogP contribution in [0.2, 0.25) is 0 Å². The fourth-order valence-corrected chi connectivity index (χ4v) is 1.41. The van der Waals surface area contributed by atoms with E-state index in [9.17, 15) is 5.11 Å². The number of hydrogen-bond acceptors (Lipinski definition) is 5. The molecule has 5 nitrogen and oxygen atoms in total. The second-order valence-electron chi connectivity index (χ2n) is 3.62. The summed E-state index contributed by atoms with van der Waals surface area (Å²) in [6.45, 7) is 1.80.